The number of halogens is 1. The van der Waals surface area contributed by atoms with E-state index in [1.54, 1.807) is 18.2 Å². The van der Waals surface area contributed by atoms with Gasteiger partial charge in [0.25, 0.3) is 5.91 Å². The maximum absolute atomic E-state index is 12.0. The second-order valence-corrected chi connectivity index (χ2v) is 7.61. The molecule has 1 aliphatic carbocycles. The van der Waals surface area contributed by atoms with Gasteiger partial charge in [-0.25, -0.2) is 0 Å². The van der Waals surface area contributed by atoms with Gasteiger partial charge in [-0.2, -0.15) is 0 Å². The molecule has 0 bridgehead atoms. The van der Waals surface area contributed by atoms with Crippen molar-refractivity contribution in [1.29, 1.82) is 0 Å². The van der Waals surface area contributed by atoms with Crippen LogP contribution < -0.4 is 10.1 Å². The predicted octanol–water partition coefficient (Wildman–Crippen LogP) is 4.11. The third-order valence-corrected chi connectivity index (χ3v) is 5.43. The monoisotopic (exact) mass is 405 g/mol. The molecule has 3 rings (SSSR count). The number of rotatable bonds is 7. The number of methoxy groups -OCH3 is 1. The lowest BCUT2D eigenvalue weighted by molar-refractivity contribution is -0.144. The molecule has 0 heterocycles. The van der Waals surface area contributed by atoms with Crippen LogP contribution in [0.1, 0.15) is 17.5 Å². The van der Waals surface area contributed by atoms with Crippen LogP contribution in [0.25, 0.3) is 0 Å². The summed E-state index contributed by atoms with van der Waals surface area (Å²) in [4.78, 5) is 25.0. The van der Waals surface area contributed by atoms with E-state index >= 15 is 0 Å². The lowest BCUT2D eigenvalue weighted by Gasteiger charge is -2.11. The Bertz CT molecular complexity index is 856. The van der Waals surface area contributed by atoms with Crippen molar-refractivity contribution in [3.05, 3.63) is 52.5 Å². The fraction of sp³-hybridized carbons (Fsp3) is 0.300. The molecule has 142 valence electrons. The number of nitrogens with one attached hydrogen (secondary N) is 1. The molecular formula is C20H20ClNO4S. The highest BCUT2D eigenvalue weighted by molar-refractivity contribution is 8.00. The van der Waals surface area contributed by atoms with Crippen molar-refractivity contribution in [2.75, 3.05) is 24.8 Å². The van der Waals surface area contributed by atoms with E-state index in [0.29, 0.717) is 16.5 Å². The fourth-order valence-electron chi connectivity index (χ4n) is 2.93. The van der Waals surface area contributed by atoms with Crippen molar-refractivity contribution in [1.82, 2.24) is 0 Å². The van der Waals surface area contributed by atoms with E-state index in [4.69, 9.17) is 21.1 Å². The van der Waals surface area contributed by atoms with Gasteiger partial charge in [0.05, 0.1) is 18.6 Å². The van der Waals surface area contributed by atoms with Gasteiger partial charge in [-0.05, 0) is 60.7 Å². The summed E-state index contributed by atoms with van der Waals surface area (Å²) in [5, 5.41) is 3.09. The first kappa shape index (κ1) is 19.6. The zero-order valence-electron chi connectivity index (χ0n) is 14.9. The van der Waals surface area contributed by atoms with E-state index in [0.717, 1.165) is 17.7 Å². The Morgan fingerprint density at radius 3 is 2.78 bits per heavy atom. The Labute approximate surface area is 167 Å². The molecule has 5 nitrogen and oxygen atoms in total. The quantitative estimate of drug-likeness (QED) is 0.554. The summed E-state index contributed by atoms with van der Waals surface area (Å²) >= 11 is 7.34. The molecule has 0 saturated carbocycles. The molecule has 0 unspecified atom stereocenters. The predicted molar refractivity (Wildman–Crippen MR) is 107 cm³/mol. The number of fused-ring (bicyclic) bond motifs is 1. The molecule has 7 heteroatoms. The zero-order valence-corrected chi connectivity index (χ0v) is 16.5. The number of hydrogen-bond donors (Lipinski definition) is 1. The molecule has 0 atom stereocenters. The molecule has 0 radical (unpaired) electrons. The first-order valence-corrected chi connectivity index (χ1v) is 9.95. The number of anilines is 1. The minimum absolute atomic E-state index is 0.159. The van der Waals surface area contributed by atoms with Crippen molar-refractivity contribution in [2.24, 2.45) is 0 Å². The van der Waals surface area contributed by atoms with Gasteiger partial charge in [-0.1, -0.05) is 17.7 Å². The number of thioether (sulfide) groups is 1. The lowest BCUT2D eigenvalue weighted by Crippen LogP contribution is -2.21. The number of amides is 1. The summed E-state index contributed by atoms with van der Waals surface area (Å²) < 4.78 is 10.2. The van der Waals surface area contributed by atoms with Crippen LogP contribution in [-0.4, -0.2) is 31.3 Å². The average molecular weight is 406 g/mol. The lowest BCUT2D eigenvalue weighted by atomic mass is 10.1. The van der Waals surface area contributed by atoms with Crippen LogP contribution in [0.5, 0.6) is 5.75 Å². The number of esters is 1. The molecule has 1 N–H and O–H groups in total. The van der Waals surface area contributed by atoms with E-state index in [1.807, 2.05) is 6.07 Å². The normalized spacial score (nSPS) is 12.4. The van der Waals surface area contributed by atoms with Crippen LogP contribution in [0, 0.1) is 0 Å². The molecular weight excluding hydrogens is 386 g/mol. The van der Waals surface area contributed by atoms with Gasteiger partial charge in [0.2, 0.25) is 0 Å². The SMILES string of the molecule is COc1ccc(Cl)cc1NC(=O)COC(=O)CSc1ccc2c(c1)CCC2. The number of carbonyl (C=O) groups is 2. The number of aryl methyl sites for hydroxylation is 2. The molecule has 0 saturated heterocycles. The van der Waals surface area contributed by atoms with Gasteiger partial charge >= 0.3 is 5.97 Å². The first-order valence-electron chi connectivity index (χ1n) is 8.59. The van der Waals surface area contributed by atoms with Crippen molar-refractivity contribution in [3.8, 4) is 5.75 Å². The number of benzene rings is 2. The zero-order chi connectivity index (χ0) is 19.2. The van der Waals surface area contributed by atoms with Gasteiger partial charge in [0.1, 0.15) is 5.75 Å². The minimum Gasteiger partial charge on any atom is -0.495 e. The summed E-state index contributed by atoms with van der Waals surface area (Å²) in [5.74, 6) is -0.251. The number of ether oxygens (including phenoxy) is 2. The number of hydrogen-bond acceptors (Lipinski definition) is 5. The maximum atomic E-state index is 12.0. The summed E-state index contributed by atoms with van der Waals surface area (Å²) in [5.41, 5.74) is 3.19. The van der Waals surface area contributed by atoms with Crippen LogP contribution in [0.2, 0.25) is 5.02 Å². The second-order valence-electron chi connectivity index (χ2n) is 6.13. The van der Waals surface area contributed by atoms with Crippen LogP contribution in [-0.2, 0) is 27.2 Å². The second kappa shape index (κ2) is 9.15. The van der Waals surface area contributed by atoms with Crippen molar-refractivity contribution in [2.45, 2.75) is 24.2 Å². The Hall–Kier alpha value is -2.18. The first-order chi connectivity index (χ1) is 13.0. The van der Waals surface area contributed by atoms with E-state index < -0.39 is 11.9 Å². The highest BCUT2D eigenvalue weighted by atomic mass is 35.5. The molecule has 2 aromatic rings. The van der Waals surface area contributed by atoms with Gasteiger partial charge in [-0.15, -0.1) is 11.8 Å². The van der Waals surface area contributed by atoms with Crippen molar-refractivity contribution in [3.63, 3.8) is 0 Å². The third-order valence-electron chi connectivity index (χ3n) is 4.23. The molecule has 0 fully saturated rings. The van der Waals surface area contributed by atoms with Gasteiger partial charge in [0.15, 0.2) is 6.61 Å². The van der Waals surface area contributed by atoms with E-state index in [9.17, 15) is 9.59 Å². The molecule has 1 amide bonds. The number of carbonyl (C=O) groups excluding carboxylic acids is 2. The van der Waals surface area contributed by atoms with Crippen LogP contribution >= 0.6 is 23.4 Å². The maximum Gasteiger partial charge on any atom is 0.316 e. The Morgan fingerprint density at radius 1 is 1.15 bits per heavy atom. The molecule has 27 heavy (non-hydrogen) atoms. The molecule has 0 spiro atoms. The fourth-order valence-corrected chi connectivity index (χ4v) is 3.86. The highest BCUT2D eigenvalue weighted by Crippen LogP contribution is 2.28. The average Bonchev–Trinajstić information content (AvgIpc) is 3.12. The standard InChI is InChI=1S/C20H20ClNO4S/c1-25-18-8-6-15(21)10-17(18)22-19(23)11-26-20(24)12-27-16-7-5-13-3-2-4-14(13)9-16/h5-10H,2-4,11-12H2,1H3,(H,22,23). The summed E-state index contributed by atoms with van der Waals surface area (Å²) in [7, 11) is 1.50. The Morgan fingerprint density at radius 2 is 1.96 bits per heavy atom. The minimum atomic E-state index is -0.452. The third kappa shape index (κ3) is 5.40. The van der Waals surface area contributed by atoms with Gasteiger partial charge < -0.3 is 14.8 Å². The van der Waals surface area contributed by atoms with Gasteiger partial charge in [0, 0.05) is 9.92 Å². The van der Waals surface area contributed by atoms with Crippen molar-refractivity contribution < 1.29 is 19.1 Å². The van der Waals surface area contributed by atoms with E-state index in [2.05, 4.69) is 17.4 Å². The van der Waals surface area contributed by atoms with E-state index in [1.165, 1.54) is 36.4 Å². The van der Waals surface area contributed by atoms with Crippen LogP contribution in [0.4, 0.5) is 5.69 Å². The molecule has 0 aliphatic heterocycles. The van der Waals surface area contributed by atoms with E-state index in [-0.39, 0.29) is 12.4 Å². The summed E-state index contributed by atoms with van der Waals surface area (Å²) in [6.45, 7) is -0.362. The van der Waals surface area contributed by atoms with Crippen LogP contribution in [0.3, 0.4) is 0 Å². The largest absolute Gasteiger partial charge is 0.495 e. The highest BCUT2D eigenvalue weighted by Gasteiger charge is 2.14. The molecule has 1 aliphatic rings. The topological polar surface area (TPSA) is 64.6 Å². The Kier molecular flexibility index (Phi) is 6.63. The van der Waals surface area contributed by atoms with Crippen LogP contribution in [0.15, 0.2) is 41.3 Å². The molecule has 0 aromatic heterocycles. The smallest absolute Gasteiger partial charge is 0.316 e. The summed E-state index contributed by atoms with van der Waals surface area (Å²) in [6.07, 6.45) is 3.42. The Balaban J connectivity index is 1.45. The summed E-state index contributed by atoms with van der Waals surface area (Å²) in [6, 6.07) is 11.2. The van der Waals surface area contributed by atoms with Gasteiger partial charge in [-0.3, -0.25) is 9.59 Å². The van der Waals surface area contributed by atoms with Crippen molar-refractivity contribution >= 4 is 40.9 Å². The molecule has 2 aromatic carbocycles.